The Morgan fingerprint density at radius 3 is 2.30 bits per heavy atom. The maximum Gasteiger partial charge on any atom is 0.191 e. The third-order valence-corrected chi connectivity index (χ3v) is 4.92. The van der Waals surface area contributed by atoms with Crippen molar-refractivity contribution in [3.63, 3.8) is 0 Å². The van der Waals surface area contributed by atoms with E-state index in [4.69, 9.17) is 0 Å². The molecule has 1 aromatic heterocycles. The van der Waals surface area contributed by atoms with Gasteiger partial charge in [-0.3, -0.25) is 9.89 Å². The van der Waals surface area contributed by atoms with E-state index in [0.29, 0.717) is 18.0 Å². The van der Waals surface area contributed by atoms with Gasteiger partial charge in [-0.2, -0.15) is 0 Å². The summed E-state index contributed by atoms with van der Waals surface area (Å²) >= 11 is 1.81. The van der Waals surface area contributed by atoms with Crippen molar-refractivity contribution in [1.82, 2.24) is 15.5 Å². The van der Waals surface area contributed by atoms with Crippen molar-refractivity contribution in [2.24, 2.45) is 4.99 Å². The number of aliphatic imine (C=N–C) groups is 1. The first-order valence-corrected chi connectivity index (χ1v) is 9.07. The number of nitrogens with zero attached hydrogens (tertiary/aromatic N) is 2. The molecule has 0 aliphatic rings. The molecule has 0 saturated carbocycles. The summed E-state index contributed by atoms with van der Waals surface area (Å²) in [5, 5.41) is 8.96. The van der Waals surface area contributed by atoms with Crippen molar-refractivity contribution in [3.8, 4) is 0 Å². The van der Waals surface area contributed by atoms with Crippen LogP contribution in [0.5, 0.6) is 0 Å². The lowest BCUT2D eigenvalue weighted by Crippen LogP contribution is -2.45. The number of guanidine groups is 1. The molecule has 23 heavy (non-hydrogen) atoms. The third-order valence-electron chi connectivity index (χ3n) is 3.82. The average Bonchev–Trinajstić information content (AvgIpc) is 2.99. The van der Waals surface area contributed by atoms with Crippen LogP contribution in [-0.4, -0.2) is 49.6 Å². The molecule has 2 N–H and O–H groups in total. The fraction of sp³-hybridized carbons (Fsp3) is 0.706. The molecule has 0 fully saturated rings. The van der Waals surface area contributed by atoms with E-state index in [0.717, 1.165) is 25.6 Å². The summed E-state index contributed by atoms with van der Waals surface area (Å²) in [6, 6.07) is 5.43. The van der Waals surface area contributed by atoms with Crippen LogP contribution in [0.3, 0.4) is 0 Å². The first-order chi connectivity index (χ1) is 10.5. The second-order valence-electron chi connectivity index (χ2n) is 6.22. The summed E-state index contributed by atoms with van der Waals surface area (Å²) in [5.41, 5.74) is 0. The molecule has 0 amide bonds. The van der Waals surface area contributed by atoms with Crippen LogP contribution < -0.4 is 10.6 Å². The van der Waals surface area contributed by atoms with Crippen LogP contribution in [-0.2, 0) is 0 Å². The summed E-state index contributed by atoms with van der Waals surface area (Å²) in [7, 11) is 1.83. The maximum absolute atomic E-state index is 4.31. The minimum atomic E-state index is 0. The van der Waals surface area contributed by atoms with Gasteiger partial charge in [0.1, 0.15) is 0 Å². The van der Waals surface area contributed by atoms with Crippen LogP contribution in [0, 0.1) is 0 Å². The highest BCUT2D eigenvalue weighted by atomic mass is 127. The Morgan fingerprint density at radius 1 is 1.17 bits per heavy atom. The number of hydrogen-bond acceptors (Lipinski definition) is 3. The quantitative estimate of drug-likeness (QED) is 0.359. The zero-order chi connectivity index (χ0) is 16.5. The second kappa shape index (κ2) is 12.1. The highest BCUT2D eigenvalue weighted by Gasteiger charge is 2.13. The van der Waals surface area contributed by atoms with Crippen LogP contribution >= 0.6 is 35.3 Å². The Balaban J connectivity index is 0.00000484. The van der Waals surface area contributed by atoms with Gasteiger partial charge in [0.15, 0.2) is 5.96 Å². The topological polar surface area (TPSA) is 39.7 Å². The lowest BCUT2D eigenvalue weighted by Gasteiger charge is -2.30. The molecule has 1 heterocycles. The van der Waals surface area contributed by atoms with E-state index in [-0.39, 0.29) is 24.0 Å². The molecule has 0 saturated heterocycles. The SMILES string of the molecule is CN=C(NCCN(C(C)C)C(C)C)NCC(C)c1cccs1.I. The van der Waals surface area contributed by atoms with E-state index in [1.807, 2.05) is 18.4 Å². The molecular weight excluding hydrogens is 419 g/mol. The van der Waals surface area contributed by atoms with Gasteiger partial charge in [0.2, 0.25) is 0 Å². The van der Waals surface area contributed by atoms with Crippen LogP contribution in [0.4, 0.5) is 0 Å². The molecule has 0 aliphatic carbocycles. The van der Waals surface area contributed by atoms with Gasteiger partial charge in [-0.25, -0.2) is 0 Å². The van der Waals surface area contributed by atoms with Crippen LogP contribution in [0.25, 0.3) is 0 Å². The fourth-order valence-electron chi connectivity index (χ4n) is 2.56. The molecule has 0 aromatic carbocycles. The van der Waals surface area contributed by atoms with Gasteiger partial charge in [-0.15, -0.1) is 35.3 Å². The average molecular weight is 452 g/mol. The van der Waals surface area contributed by atoms with E-state index in [1.165, 1.54) is 4.88 Å². The van der Waals surface area contributed by atoms with E-state index < -0.39 is 0 Å². The largest absolute Gasteiger partial charge is 0.356 e. The first-order valence-electron chi connectivity index (χ1n) is 8.19. The molecule has 0 radical (unpaired) electrons. The number of hydrogen-bond donors (Lipinski definition) is 2. The smallest absolute Gasteiger partial charge is 0.191 e. The molecule has 0 aliphatic heterocycles. The van der Waals surface area contributed by atoms with E-state index >= 15 is 0 Å². The number of halogens is 1. The Kier molecular flexibility index (Phi) is 11.9. The van der Waals surface area contributed by atoms with Gasteiger partial charge >= 0.3 is 0 Å². The lowest BCUT2D eigenvalue weighted by molar-refractivity contribution is 0.178. The van der Waals surface area contributed by atoms with E-state index in [9.17, 15) is 0 Å². The molecule has 1 unspecified atom stereocenters. The van der Waals surface area contributed by atoms with Gasteiger partial charge in [-0.05, 0) is 39.1 Å². The molecule has 1 atom stereocenters. The van der Waals surface area contributed by atoms with E-state index in [2.05, 4.69) is 72.7 Å². The highest BCUT2D eigenvalue weighted by Crippen LogP contribution is 2.19. The minimum absolute atomic E-state index is 0. The number of nitrogens with one attached hydrogen (secondary N) is 2. The van der Waals surface area contributed by atoms with Crippen molar-refractivity contribution in [2.75, 3.05) is 26.7 Å². The molecule has 6 heteroatoms. The van der Waals surface area contributed by atoms with Crippen molar-refractivity contribution < 1.29 is 0 Å². The van der Waals surface area contributed by atoms with Crippen LogP contribution in [0.15, 0.2) is 22.5 Å². The predicted octanol–water partition coefficient (Wildman–Crippen LogP) is 3.75. The highest BCUT2D eigenvalue weighted by molar-refractivity contribution is 14.0. The summed E-state index contributed by atoms with van der Waals surface area (Å²) < 4.78 is 0. The lowest BCUT2D eigenvalue weighted by atomic mass is 10.1. The zero-order valence-electron chi connectivity index (χ0n) is 15.3. The van der Waals surface area contributed by atoms with Crippen molar-refractivity contribution in [3.05, 3.63) is 22.4 Å². The Hall–Kier alpha value is -0.340. The van der Waals surface area contributed by atoms with Crippen molar-refractivity contribution in [1.29, 1.82) is 0 Å². The summed E-state index contributed by atoms with van der Waals surface area (Å²) in [5.74, 6) is 1.39. The molecule has 4 nitrogen and oxygen atoms in total. The molecule has 134 valence electrons. The minimum Gasteiger partial charge on any atom is -0.356 e. The standard InChI is InChI=1S/C17H32N4S.HI/c1-13(2)21(14(3)4)10-9-19-17(18-6)20-12-15(5)16-8-7-11-22-16;/h7-8,11,13-15H,9-10,12H2,1-6H3,(H2,18,19,20);1H. The summed E-state index contributed by atoms with van der Waals surface area (Å²) in [6.07, 6.45) is 0. The number of rotatable bonds is 8. The monoisotopic (exact) mass is 452 g/mol. The maximum atomic E-state index is 4.31. The summed E-state index contributed by atoms with van der Waals surface area (Å²) in [6.45, 7) is 14.1. The van der Waals surface area contributed by atoms with Gasteiger partial charge < -0.3 is 10.6 Å². The van der Waals surface area contributed by atoms with Gasteiger partial charge in [0, 0.05) is 49.6 Å². The van der Waals surface area contributed by atoms with Gasteiger partial charge in [0.25, 0.3) is 0 Å². The molecule has 0 spiro atoms. The molecular formula is C17H33IN4S. The fourth-order valence-corrected chi connectivity index (χ4v) is 3.35. The molecule has 1 rings (SSSR count). The van der Waals surface area contributed by atoms with Crippen LogP contribution in [0.2, 0.25) is 0 Å². The van der Waals surface area contributed by atoms with E-state index in [1.54, 1.807) is 0 Å². The van der Waals surface area contributed by atoms with Crippen molar-refractivity contribution >= 4 is 41.3 Å². The normalized spacial score (nSPS) is 13.3. The second-order valence-corrected chi connectivity index (χ2v) is 7.20. The third kappa shape index (κ3) is 8.35. The summed E-state index contributed by atoms with van der Waals surface area (Å²) in [4.78, 5) is 8.20. The van der Waals surface area contributed by atoms with Gasteiger partial charge in [-0.1, -0.05) is 13.0 Å². The Morgan fingerprint density at radius 2 is 1.83 bits per heavy atom. The molecule has 1 aromatic rings. The number of thiophene rings is 1. The van der Waals surface area contributed by atoms with Crippen molar-refractivity contribution in [2.45, 2.75) is 52.6 Å². The zero-order valence-corrected chi connectivity index (χ0v) is 18.4. The van der Waals surface area contributed by atoms with Gasteiger partial charge in [0.05, 0.1) is 0 Å². The molecule has 0 bridgehead atoms. The first kappa shape index (κ1) is 22.7. The van der Waals surface area contributed by atoms with Crippen LogP contribution in [0.1, 0.15) is 45.4 Å². The Bertz CT molecular complexity index is 424. The Labute approximate surface area is 163 Å². The predicted molar refractivity (Wildman–Crippen MR) is 114 cm³/mol.